The molecule has 0 aliphatic rings. The van der Waals surface area contributed by atoms with Crippen LogP contribution in [-0.4, -0.2) is 23.7 Å². The smallest absolute Gasteiger partial charge is 0.271 e. The van der Waals surface area contributed by atoms with Gasteiger partial charge in [0.2, 0.25) is 0 Å². The highest BCUT2D eigenvalue weighted by molar-refractivity contribution is 5.95. The average Bonchev–Trinajstić information content (AvgIpc) is 2.97. The van der Waals surface area contributed by atoms with Crippen molar-refractivity contribution >= 4 is 17.8 Å². The second kappa shape index (κ2) is 13.4. The van der Waals surface area contributed by atoms with E-state index in [9.17, 15) is 14.9 Å². The molecule has 4 rings (SSSR count). The minimum absolute atomic E-state index is 0.132. The Kier molecular flexibility index (Phi) is 9.22. The summed E-state index contributed by atoms with van der Waals surface area (Å²) in [6.45, 7) is 3.11. The molecule has 0 bridgehead atoms. The van der Waals surface area contributed by atoms with Crippen LogP contribution >= 0.6 is 0 Å². The Morgan fingerprint density at radius 2 is 1.56 bits per heavy atom. The first-order valence-corrected chi connectivity index (χ1v) is 12.3. The molecule has 1 amide bonds. The number of non-ortho nitro benzene ring substituents is 1. The highest BCUT2D eigenvalue weighted by Gasteiger charge is 2.11. The molecule has 0 aromatic heterocycles. The van der Waals surface area contributed by atoms with E-state index in [2.05, 4.69) is 10.5 Å². The fraction of sp³-hybridized carbons (Fsp3) is 0.133. The maximum absolute atomic E-state index is 12.3. The number of carbonyl (C=O) groups excluding carboxylic acids is 1. The molecular weight excluding hydrogens is 498 g/mol. The van der Waals surface area contributed by atoms with Gasteiger partial charge in [-0.15, -0.1) is 0 Å². The van der Waals surface area contributed by atoms with Gasteiger partial charge in [-0.2, -0.15) is 5.10 Å². The van der Waals surface area contributed by atoms with Crippen molar-refractivity contribution in [2.45, 2.75) is 20.1 Å². The molecular formula is C30H27N3O6. The molecule has 0 atom stereocenters. The van der Waals surface area contributed by atoms with Crippen molar-refractivity contribution < 1.29 is 23.9 Å². The van der Waals surface area contributed by atoms with Gasteiger partial charge in [-0.25, -0.2) is 5.43 Å². The number of nitrogens with one attached hydrogen (secondary N) is 1. The number of carbonyl (C=O) groups is 1. The van der Waals surface area contributed by atoms with Crippen LogP contribution < -0.4 is 19.6 Å². The number of rotatable bonds is 12. The molecule has 4 aromatic carbocycles. The summed E-state index contributed by atoms with van der Waals surface area (Å²) in [5.41, 5.74) is 4.94. The molecule has 0 heterocycles. The van der Waals surface area contributed by atoms with E-state index in [1.807, 2.05) is 67.6 Å². The monoisotopic (exact) mass is 525 g/mol. The zero-order chi connectivity index (χ0) is 27.5. The maximum atomic E-state index is 12.3. The summed E-state index contributed by atoms with van der Waals surface area (Å²) in [7, 11) is 0. The Morgan fingerprint density at radius 1 is 0.821 bits per heavy atom. The van der Waals surface area contributed by atoms with Gasteiger partial charge in [-0.05, 0) is 48.4 Å². The normalized spacial score (nSPS) is 10.7. The summed E-state index contributed by atoms with van der Waals surface area (Å²) in [5, 5.41) is 14.9. The molecule has 0 aliphatic heterocycles. The van der Waals surface area contributed by atoms with Gasteiger partial charge in [0, 0.05) is 23.3 Å². The number of hydrogen-bond donors (Lipinski definition) is 1. The third kappa shape index (κ3) is 7.65. The van der Waals surface area contributed by atoms with Gasteiger partial charge >= 0.3 is 0 Å². The van der Waals surface area contributed by atoms with E-state index in [4.69, 9.17) is 14.2 Å². The summed E-state index contributed by atoms with van der Waals surface area (Å²) in [4.78, 5) is 22.7. The van der Waals surface area contributed by atoms with E-state index in [-0.39, 0.29) is 17.9 Å². The van der Waals surface area contributed by atoms with Gasteiger partial charge < -0.3 is 14.2 Å². The van der Waals surface area contributed by atoms with Gasteiger partial charge in [0.05, 0.1) is 17.7 Å². The molecule has 0 saturated heterocycles. The Morgan fingerprint density at radius 3 is 2.36 bits per heavy atom. The van der Waals surface area contributed by atoms with Crippen molar-refractivity contribution in [1.82, 2.24) is 5.43 Å². The number of amides is 1. The van der Waals surface area contributed by atoms with Crippen molar-refractivity contribution in [3.8, 4) is 17.2 Å². The third-order valence-electron chi connectivity index (χ3n) is 5.55. The molecule has 0 fully saturated rings. The molecule has 0 spiro atoms. The second-order valence-corrected chi connectivity index (χ2v) is 8.32. The van der Waals surface area contributed by atoms with Gasteiger partial charge in [0.15, 0.2) is 11.5 Å². The molecule has 4 aromatic rings. The first-order chi connectivity index (χ1) is 19.0. The zero-order valence-corrected chi connectivity index (χ0v) is 21.3. The van der Waals surface area contributed by atoms with E-state index < -0.39 is 10.8 Å². The highest BCUT2D eigenvalue weighted by Crippen LogP contribution is 2.30. The number of nitro benzene ring substituents is 1. The molecule has 9 nitrogen and oxygen atoms in total. The van der Waals surface area contributed by atoms with Gasteiger partial charge in [0.25, 0.3) is 11.6 Å². The van der Waals surface area contributed by atoms with E-state index in [1.165, 1.54) is 30.5 Å². The number of nitrogens with zero attached hydrogens (tertiary/aromatic N) is 2. The van der Waals surface area contributed by atoms with Crippen LogP contribution in [0.25, 0.3) is 0 Å². The van der Waals surface area contributed by atoms with Crippen LogP contribution in [0.2, 0.25) is 0 Å². The van der Waals surface area contributed by atoms with Gasteiger partial charge in [-0.3, -0.25) is 14.9 Å². The Balaban J connectivity index is 1.39. The van der Waals surface area contributed by atoms with Crippen LogP contribution in [0.4, 0.5) is 5.69 Å². The minimum atomic E-state index is -0.564. The number of benzene rings is 4. The van der Waals surface area contributed by atoms with Crippen molar-refractivity contribution in [1.29, 1.82) is 0 Å². The van der Waals surface area contributed by atoms with E-state index in [0.29, 0.717) is 36.0 Å². The van der Waals surface area contributed by atoms with Crippen molar-refractivity contribution in [3.05, 3.63) is 129 Å². The second-order valence-electron chi connectivity index (χ2n) is 8.32. The lowest BCUT2D eigenvalue weighted by Gasteiger charge is -2.14. The van der Waals surface area contributed by atoms with Crippen molar-refractivity contribution in [2.24, 2.45) is 5.10 Å². The number of hydrogen-bond acceptors (Lipinski definition) is 7. The Hall–Kier alpha value is -5.18. The van der Waals surface area contributed by atoms with Crippen LogP contribution in [0.5, 0.6) is 17.2 Å². The molecule has 1 N–H and O–H groups in total. The molecule has 0 saturated carbocycles. The molecule has 0 unspecified atom stereocenters. The fourth-order valence-electron chi connectivity index (χ4n) is 3.63. The number of para-hydroxylation sites is 1. The van der Waals surface area contributed by atoms with E-state index in [0.717, 1.165) is 11.1 Å². The lowest BCUT2D eigenvalue weighted by Crippen LogP contribution is -2.17. The largest absolute Gasteiger partial charge is 0.490 e. The first-order valence-electron chi connectivity index (χ1n) is 12.3. The number of nitro groups is 1. The summed E-state index contributed by atoms with van der Waals surface area (Å²) in [5.74, 6) is 1.28. The maximum Gasteiger partial charge on any atom is 0.271 e. The first kappa shape index (κ1) is 26.9. The fourth-order valence-corrected chi connectivity index (χ4v) is 3.63. The predicted molar refractivity (Wildman–Crippen MR) is 147 cm³/mol. The highest BCUT2D eigenvalue weighted by atomic mass is 16.6. The topological polar surface area (TPSA) is 112 Å². The summed E-state index contributed by atoms with van der Waals surface area (Å²) >= 11 is 0. The number of ether oxygens (including phenoxy) is 3. The molecule has 9 heteroatoms. The van der Waals surface area contributed by atoms with Crippen LogP contribution in [0.3, 0.4) is 0 Å². The third-order valence-corrected chi connectivity index (χ3v) is 5.55. The zero-order valence-electron chi connectivity index (χ0n) is 21.3. The summed E-state index contributed by atoms with van der Waals surface area (Å²) in [6.07, 6.45) is 1.46. The van der Waals surface area contributed by atoms with Crippen LogP contribution in [0.15, 0.2) is 102 Å². The lowest BCUT2D eigenvalue weighted by atomic mass is 10.2. The SMILES string of the molecule is CCOc1cc(COc2ccccc2/C=N/NC(=O)c2cccc([N+](=O)[O-])c2)ccc1OCc1ccccc1. The van der Waals surface area contributed by atoms with E-state index in [1.54, 1.807) is 12.1 Å². The quantitative estimate of drug-likeness (QED) is 0.140. The predicted octanol–water partition coefficient (Wildman–Crippen LogP) is 5.92. The Labute approximate surface area is 225 Å². The summed E-state index contributed by atoms with van der Waals surface area (Å²) in [6, 6.07) is 28.2. The number of hydrazone groups is 1. The molecule has 39 heavy (non-hydrogen) atoms. The Bertz CT molecular complexity index is 1460. The molecule has 0 aliphatic carbocycles. The van der Waals surface area contributed by atoms with E-state index >= 15 is 0 Å². The standard InChI is InChI=1S/C30H27N3O6/c1-2-37-29-17-23(15-16-28(29)39-20-22-9-4-3-5-10-22)21-38-27-14-7-6-11-25(27)19-31-32-30(34)24-12-8-13-26(18-24)33(35)36/h3-19H,2,20-21H2,1H3,(H,32,34)/b31-19+. The van der Waals surface area contributed by atoms with Crippen LogP contribution in [0.1, 0.15) is 34.0 Å². The van der Waals surface area contributed by atoms with Crippen LogP contribution in [-0.2, 0) is 13.2 Å². The van der Waals surface area contributed by atoms with Gasteiger partial charge in [0.1, 0.15) is 19.0 Å². The van der Waals surface area contributed by atoms with Crippen molar-refractivity contribution in [2.75, 3.05) is 6.61 Å². The van der Waals surface area contributed by atoms with Crippen molar-refractivity contribution in [3.63, 3.8) is 0 Å². The minimum Gasteiger partial charge on any atom is -0.490 e. The van der Waals surface area contributed by atoms with Crippen LogP contribution in [0, 0.1) is 10.1 Å². The molecule has 198 valence electrons. The summed E-state index contributed by atoms with van der Waals surface area (Å²) < 4.78 is 17.8. The van der Waals surface area contributed by atoms with Gasteiger partial charge in [-0.1, -0.05) is 54.6 Å². The average molecular weight is 526 g/mol. The lowest BCUT2D eigenvalue weighted by molar-refractivity contribution is -0.384. The molecule has 0 radical (unpaired) electrons.